The topological polar surface area (TPSA) is 21.3 Å². The van der Waals surface area contributed by atoms with Crippen molar-refractivity contribution in [3.05, 3.63) is 34.9 Å². The van der Waals surface area contributed by atoms with Gasteiger partial charge in [0.1, 0.15) is 0 Å². The van der Waals surface area contributed by atoms with Crippen LogP contribution >= 0.6 is 0 Å². The lowest BCUT2D eigenvalue weighted by atomic mass is 9.77. The van der Waals surface area contributed by atoms with E-state index in [-0.39, 0.29) is 5.60 Å². The van der Waals surface area contributed by atoms with Gasteiger partial charge in [-0.15, -0.1) is 0 Å². The van der Waals surface area contributed by atoms with Gasteiger partial charge in [0.15, 0.2) is 0 Å². The number of ether oxygens (including phenoxy) is 1. The van der Waals surface area contributed by atoms with Gasteiger partial charge in [-0.05, 0) is 44.0 Å². The first-order valence-corrected chi connectivity index (χ1v) is 6.67. The highest BCUT2D eigenvalue weighted by atomic mass is 16.5. The van der Waals surface area contributed by atoms with Crippen LogP contribution in [0.4, 0.5) is 0 Å². The molecule has 1 aromatic carbocycles. The minimum atomic E-state index is 0.000787. The predicted octanol–water partition coefficient (Wildman–Crippen LogP) is 2.71. The van der Waals surface area contributed by atoms with Crippen LogP contribution in [0.1, 0.15) is 42.4 Å². The van der Waals surface area contributed by atoms with E-state index in [1.807, 2.05) is 0 Å². The molecular formula is C15H21NO. The Morgan fingerprint density at radius 1 is 1.29 bits per heavy atom. The molecule has 1 spiro atoms. The van der Waals surface area contributed by atoms with E-state index in [2.05, 4.69) is 37.4 Å². The average Bonchev–Trinajstić information content (AvgIpc) is 2.36. The number of rotatable bonds is 0. The molecule has 0 aromatic heterocycles. The molecule has 1 N–H and O–H groups in total. The third kappa shape index (κ3) is 1.80. The quantitative estimate of drug-likeness (QED) is 0.741. The Morgan fingerprint density at radius 3 is 2.82 bits per heavy atom. The summed E-state index contributed by atoms with van der Waals surface area (Å²) in [6, 6.07) is 6.88. The summed E-state index contributed by atoms with van der Waals surface area (Å²) in [5, 5.41) is 3.43. The number of hydrogen-bond acceptors (Lipinski definition) is 2. The molecule has 2 aliphatic heterocycles. The molecule has 2 nitrogen and oxygen atoms in total. The van der Waals surface area contributed by atoms with E-state index in [0.29, 0.717) is 5.92 Å². The van der Waals surface area contributed by atoms with E-state index < -0.39 is 0 Å². The molecule has 1 aromatic rings. The monoisotopic (exact) mass is 231 g/mol. The summed E-state index contributed by atoms with van der Waals surface area (Å²) >= 11 is 0. The van der Waals surface area contributed by atoms with Crippen LogP contribution in [0, 0.1) is 6.92 Å². The second-order valence-electron chi connectivity index (χ2n) is 5.55. The third-order valence-electron chi connectivity index (χ3n) is 4.25. The predicted molar refractivity (Wildman–Crippen MR) is 69.3 cm³/mol. The van der Waals surface area contributed by atoms with Gasteiger partial charge in [-0.3, -0.25) is 0 Å². The normalized spacial score (nSPS) is 26.8. The summed E-state index contributed by atoms with van der Waals surface area (Å²) in [5.41, 5.74) is 4.32. The SMILES string of the molecule is Cc1ccc2c(c1)C(C)COC21CCNCC1. The van der Waals surface area contributed by atoms with Crippen molar-refractivity contribution in [1.82, 2.24) is 5.32 Å². The molecule has 3 rings (SSSR count). The van der Waals surface area contributed by atoms with Gasteiger partial charge in [-0.25, -0.2) is 0 Å². The van der Waals surface area contributed by atoms with Crippen molar-refractivity contribution in [2.45, 2.75) is 38.2 Å². The van der Waals surface area contributed by atoms with Crippen molar-refractivity contribution in [2.75, 3.05) is 19.7 Å². The Labute approximate surface area is 103 Å². The summed E-state index contributed by atoms with van der Waals surface area (Å²) < 4.78 is 6.25. The fourth-order valence-corrected chi connectivity index (χ4v) is 3.20. The first kappa shape index (κ1) is 11.2. The summed E-state index contributed by atoms with van der Waals surface area (Å²) in [7, 11) is 0. The van der Waals surface area contributed by atoms with Gasteiger partial charge in [-0.1, -0.05) is 30.7 Å². The van der Waals surface area contributed by atoms with E-state index in [1.165, 1.54) is 16.7 Å². The van der Waals surface area contributed by atoms with Gasteiger partial charge >= 0.3 is 0 Å². The first-order chi connectivity index (χ1) is 8.21. The molecule has 17 heavy (non-hydrogen) atoms. The Hall–Kier alpha value is -0.860. The molecule has 1 atom stereocenters. The second kappa shape index (κ2) is 4.11. The minimum Gasteiger partial charge on any atom is -0.370 e. The number of piperidine rings is 1. The maximum atomic E-state index is 6.25. The van der Waals surface area contributed by atoms with Crippen LogP contribution in [0.5, 0.6) is 0 Å². The maximum Gasteiger partial charge on any atom is 0.0958 e. The van der Waals surface area contributed by atoms with Crippen LogP contribution in [0.15, 0.2) is 18.2 Å². The molecule has 92 valence electrons. The molecule has 0 bridgehead atoms. The molecule has 2 heteroatoms. The highest BCUT2D eigenvalue weighted by molar-refractivity contribution is 5.40. The standard InChI is InChI=1S/C15H21NO/c1-11-3-4-14-13(9-11)12(2)10-17-15(14)5-7-16-8-6-15/h3-4,9,12,16H,5-8,10H2,1-2H3. The number of benzene rings is 1. The van der Waals surface area contributed by atoms with Crippen molar-refractivity contribution in [3.63, 3.8) is 0 Å². The number of aryl methyl sites for hydroxylation is 1. The van der Waals surface area contributed by atoms with Crippen molar-refractivity contribution >= 4 is 0 Å². The van der Waals surface area contributed by atoms with E-state index in [1.54, 1.807) is 0 Å². The summed E-state index contributed by atoms with van der Waals surface area (Å²) in [6.07, 6.45) is 2.21. The van der Waals surface area contributed by atoms with Crippen molar-refractivity contribution < 1.29 is 4.74 Å². The van der Waals surface area contributed by atoms with Gasteiger partial charge in [0.05, 0.1) is 12.2 Å². The van der Waals surface area contributed by atoms with Crippen LogP contribution in [-0.2, 0) is 10.3 Å². The third-order valence-corrected chi connectivity index (χ3v) is 4.25. The van der Waals surface area contributed by atoms with Gasteiger partial charge in [0.2, 0.25) is 0 Å². The zero-order chi connectivity index (χ0) is 11.9. The Bertz CT molecular complexity index is 421. The molecule has 2 heterocycles. The number of hydrogen-bond donors (Lipinski definition) is 1. The van der Waals surface area contributed by atoms with Crippen LogP contribution in [-0.4, -0.2) is 19.7 Å². The van der Waals surface area contributed by atoms with E-state index in [0.717, 1.165) is 32.5 Å². The molecule has 0 saturated carbocycles. The smallest absolute Gasteiger partial charge is 0.0958 e. The molecule has 0 amide bonds. The summed E-state index contributed by atoms with van der Waals surface area (Å²) in [4.78, 5) is 0. The Kier molecular flexibility index (Phi) is 2.72. The molecule has 1 unspecified atom stereocenters. The molecule has 0 radical (unpaired) electrons. The van der Waals surface area contributed by atoms with Crippen LogP contribution in [0.2, 0.25) is 0 Å². The maximum absolute atomic E-state index is 6.25. The zero-order valence-electron chi connectivity index (χ0n) is 10.8. The molecular weight excluding hydrogens is 210 g/mol. The van der Waals surface area contributed by atoms with E-state index >= 15 is 0 Å². The van der Waals surface area contributed by atoms with Gasteiger partial charge in [-0.2, -0.15) is 0 Å². The van der Waals surface area contributed by atoms with Crippen LogP contribution in [0.3, 0.4) is 0 Å². The van der Waals surface area contributed by atoms with Crippen molar-refractivity contribution in [3.8, 4) is 0 Å². The lowest BCUT2D eigenvalue weighted by Crippen LogP contribution is -2.45. The highest BCUT2D eigenvalue weighted by Gasteiger charge is 2.40. The molecule has 1 fully saturated rings. The minimum absolute atomic E-state index is 0.000787. The molecule has 1 saturated heterocycles. The van der Waals surface area contributed by atoms with Crippen molar-refractivity contribution in [2.24, 2.45) is 0 Å². The first-order valence-electron chi connectivity index (χ1n) is 6.67. The zero-order valence-corrected chi connectivity index (χ0v) is 10.8. The van der Waals surface area contributed by atoms with Crippen LogP contribution in [0.25, 0.3) is 0 Å². The molecule has 0 aliphatic carbocycles. The fourth-order valence-electron chi connectivity index (χ4n) is 3.20. The van der Waals surface area contributed by atoms with Crippen LogP contribution < -0.4 is 5.32 Å². The highest BCUT2D eigenvalue weighted by Crippen LogP contribution is 2.43. The lowest BCUT2D eigenvalue weighted by Gasteiger charge is -2.44. The fraction of sp³-hybridized carbons (Fsp3) is 0.600. The Balaban J connectivity index is 2.08. The number of nitrogens with one attached hydrogen (secondary N) is 1. The summed E-state index contributed by atoms with van der Waals surface area (Å²) in [6.45, 7) is 7.46. The second-order valence-corrected chi connectivity index (χ2v) is 5.55. The van der Waals surface area contributed by atoms with Crippen molar-refractivity contribution in [1.29, 1.82) is 0 Å². The van der Waals surface area contributed by atoms with E-state index in [4.69, 9.17) is 4.74 Å². The average molecular weight is 231 g/mol. The van der Waals surface area contributed by atoms with Gasteiger partial charge in [0.25, 0.3) is 0 Å². The largest absolute Gasteiger partial charge is 0.370 e. The lowest BCUT2D eigenvalue weighted by molar-refractivity contribution is -0.0873. The number of fused-ring (bicyclic) bond motifs is 2. The van der Waals surface area contributed by atoms with Gasteiger partial charge < -0.3 is 10.1 Å². The summed E-state index contributed by atoms with van der Waals surface area (Å²) in [5.74, 6) is 0.533. The molecule has 2 aliphatic rings. The van der Waals surface area contributed by atoms with E-state index in [9.17, 15) is 0 Å². The Morgan fingerprint density at radius 2 is 2.06 bits per heavy atom. The van der Waals surface area contributed by atoms with Gasteiger partial charge in [0, 0.05) is 5.92 Å².